The van der Waals surface area contributed by atoms with Gasteiger partial charge in [-0.25, -0.2) is 0 Å². The molecule has 4 nitrogen and oxygen atoms in total. The number of hydrogen-bond donors (Lipinski definition) is 2. The maximum absolute atomic E-state index is 6.08. The van der Waals surface area contributed by atoms with Crippen LogP contribution in [0.4, 0.5) is 0 Å². The molecule has 0 radical (unpaired) electrons. The van der Waals surface area contributed by atoms with E-state index in [0.717, 1.165) is 19.4 Å². The quantitative estimate of drug-likeness (QED) is 0.554. The molecule has 0 saturated carbocycles. The number of rotatable bonds is 5. The van der Waals surface area contributed by atoms with Crippen LogP contribution in [0, 0.1) is 5.92 Å². The van der Waals surface area contributed by atoms with Gasteiger partial charge in [0.2, 0.25) is 0 Å². The molecule has 0 aromatic carbocycles. The van der Waals surface area contributed by atoms with Crippen molar-refractivity contribution in [1.82, 2.24) is 5.43 Å². The van der Waals surface area contributed by atoms with Crippen LogP contribution in [0.15, 0.2) is 0 Å². The lowest BCUT2D eigenvalue weighted by molar-refractivity contribution is -0.0783. The molecule has 2 unspecified atom stereocenters. The van der Waals surface area contributed by atoms with E-state index >= 15 is 0 Å². The summed E-state index contributed by atoms with van der Waals surface area (Å²) < 4.78 is 11.2. The van der Waals surface area contributed by atoms with Gasteiger partial charge in [-0.15, -0.1) is 0 Å². The van der Waals surface area contributed by atoms with Crippen molar-refractivity contribution >= 4 is 0 Å². The SMILES string of the molecule is COCCC(NN)C1CC(C)(C)OC1(C)C. The first-order chi connectivity index (χ1) is 7.32. The number of nitrogens with one attached hydrogen (secondary N) is 1. The van der Waals surface area contributed by atoms with E-state index in [1.54, 1.807) is 7.11 Å². The maximum Gasteiger partial charge on any atom is 0.0678 e. The van der Waals surface area contributed by atoms with Gasteiger partial charge in [0.05, 0.1) is 11.2 Å². The zero-order chi connectivity index (χ0) is 12.4. The summed E-state index contributed by atoms with van der Waals surface area (Å²) >= 11 is 0. The van der Waals surface area contributed by atoms with Crippen molar-refractivity contribution in [2.24, 2.45) is 11.8 Å². The van der Waals surface area contributed by atoms with Gasteiger partial charge in [-0.3, -0.25) is 11.3 Å². The Hall–Kier alpha value is -0.160. The molecule has 16 heavy (non-hydrogen) atoms. The Balaban J connectivity index is 2.69. The molecule has 2 atom stereocenters. The monoisotopic (exact) mass is 230 g/mol. The standard InChI is InChI=1S/C12H26N2O2/c1-11(2)8-9(12(3,4)16-11)10(14-13)6-7-15-5/h9-10,14H,6-8,13H2,1-5H3. The zero-order valence-electron chi connectivity index (χ0n) is 11.2. The average molecular weight is 230 g/mol. The van der Waals surface area contributed by atoms with Crippen LogP contribution in [-0.4, -0.2) is 31.0 Å². The van der Waals surface area contributed by atoms with Crippen molar-refractivity contribution in [1.29, 1.82) is 0 Å². The third-order valence-corrected chi connectivity index (χ3v) is 3.48. The van der Waals surface area contributed by atoms with E-state index in [0.29, 0.717) is 5.92 Å². The lowest BCUT2D eigenvalue weighted by atomic mass is 9.81. The molecule has 0 bridgehead atoms. The number of nitrogens with two attached hydrogens (primary N) is 1. The number of hydrazine groups is 1. The van der Waals surface area contributed by atoms with Crippen LogP contribution in [0.25, 0.3) is 0 Å². The second kappa shape index (κ2) is 5.00. The number of methoxy groups -OCH3 is 1. The molecule has 96 valence electrons. The Morgan fingerprint density at radius 2 is 2.06 bits per heavy atom. The highest BCUT2D eigenvalue weighted by atomic mass is 16.5. The normalized spacial score (nSPS) is 29.2. The van der Waals surface area contributed by atoms with Crippen molar-refractivity contribution in [2.75, 3.05) is 13.7 Å². The van der Waals surface area contributed by atoms with Crippen molar-refractivity contribution in [3.05, 3.63) is 0 Å². The molecular weight excluding hydrogens is 204 g/mol. The van der Waals surface area contributed by atoms with Crippen molar-refractivity contribution < 1.29 is 9.47 Å². The molecule has 1 fully saturated rings. The molecule has 0 spiro atoms. The van der Waals surface area contributed by atoms with Gasteiger partial charge >= 0.3 is 0 Å². The Labute approximate surface area is 98.8 Å². The topological polar surface area (TPSA) is 56.5 Å². The van der Waals surface area contributed by atoms with Gasteiger partial charge in [0.25, 0.3) is 0 Å². The molecule has 4 heteroatoms. The summed E-state index contributed by atoms with van der Waals surface area (Å²) in [5, 5.41) is 0. The summed E-state index contributed by atoms with van der Waals surface area (Å²) in [6.45, 7) is 9.28. The van der Waals surface area contributed by atoms with Gasteiger partial charge in [0.1, 0.15) is 0 Å². The predicted molar refractivity (Wildman–Crippen MR) is 65.0 cm³/mol. The van der Waals surface area contributed by atoms with Gasteiger partial charge < -0.3 is 9.47 Å². The van der Waals surface area contributed by atoms with Crippen LogP contribution in [0.3, 0.4) is 0 Å². The van der Waals surface area contributed by atoms with Crippen LogP contribution >= 0.6 is 0 Å². The third-order valence-electron chi connectivity index (χ3n) is 3.48. The molecular formula is C12H26N2O2. The van der Waals surface area contributed by atoms with E-state index in [2.05, 4.69) is 33.1 Å². The number of ether oxygens (including phenoxy) is 2. The zero-order valence-corrected chi connectivity index (χ0v) is 11.2. The lowest BCUT2D eigenvalue weighted by Gasteiger charge is -2.32. The second-order valence-electron chi connectivity index (χ2n) is 5.83. The first-order valence-corrected chi connectivity index (χ1v) is 5.97. The van der Waals surface area contributed by atoms with Crippen molar-refractivity contribution in [3.8, 4) is 0 Å². The minimum absolute atomic E-state index is 0.0592. The highest BCUT2D eigenvalue weighted by Gasteiger charge is 2.48. The molecule has 1 heterocycles. The molecule has 0 aliphatic carbocycles. The summed E-state index contributed by atoms with van der Waals surface area (Å²) in [5.41, 5.74) is 2.72. The minimum atomic E-state index is -0.131. The predicted octanol–water partition coefficient (Wildman–Crippen LogP) is 1.45. The van der Waals surface area contributed by atoms with Crippen LogP contribution in [0.1, 0.15) is 40.5 Å². The average Bonchev–Trinajstić information content (AvgIpc) is 2.36. The van der Waals surface area contributed by atoms with Crippen LogP contribution in [0.5, 0.6) is 0 Å². The van der Waals surface area contributed by atoms with Gasteiger partial charge in [-0.1, -0.05) is 0 Å². The van der Waals surface area contributed by atoms with Crippen molar-refractivity contribution in [3.63, 3.8) is 0 Å². The van der Waals surface area contributed by atoms with Crippen LogP contribution in [0.2, 0.25) is 0 Å². The summed E-state index contributed by atoms with van der Waals surface area (Å²) in [6, 6.07) is 0.247. The molecule has 0 amide bonds. The van der Waals surface area contributed by atoms with Gasteiger partial charge in [-0.05, 0) is 40.5 Å². The van der Waals surface area contributed by atoms with E-state index in [1.807, 2.05) is 0 Å². The molecule has 1 saturated heterocycles. The highest BCUT2D eigenvalue weighted by Crippen LogP contribution is 2.43. The van der Waals surface area contributed by atoms with E-state index in [4.69, 9.17) is 15.3 Å². The second-order valence-corrected chi connectivity index (χ2v) is 5.83. The smallest absolute Gasteiger partial charge is 0.0678 e. The van der Waals surface area contributed by atoms with E-state index in [-0.39, 0.29) is 17.2 Å². The fraction of sp³-hybridized carbons (Fsp3) is 1.00. The summed E-state index contributed by atoms with van der Waals surface area (Å²) in [5.74, 6) is 6.06. The first kappa shape index (κ1) is 13.9. The number of hydrogen-bond acceptors (Lipinski definition) is 4. The van der Waals surface area contributed by atoms with Gasteiger partial charge in [0, 0.05) is 25.7 Å². The molecule has 1 aliphatic heterocycles. The first-order valence-electron chi connectivity index (χ1n) is 5.97. The molecule has 3 N–H and O–H groups in total. The Kier molecular flexibility index (Phi) is 4.35. The fourth-order valence-corrected chi connectivity index (χ4v) is 2.88. The highest BCUT2D eigenvalue weighted by molar-refractivity contribution is 4.98. The largest absolute Gasteiger partial charge is 0.385 e. The maximum atomic E-state index is 6.08. The Morgan fingerprint density at radius 3 is 2.44 bits per heavy atom. The molecule has 0 aromatic rings. The van der Waals surface area contributed by atoms with Gasteiger partial charge in [0.15, 0.2) is 0 Å². The summed E-state index contributed by atoms with van der Waals surface area (Å²) in [6.07, 6.45) is 1.94. The summed E-state index contributed by atoms with van der Waals surface area (Å²) in [7, 11) is 1.72. The Morgan fingerprint density at radius 1 is 1.44 bits per heavy atom. The molecule has 1 aliphatic rings. The third kappa shape index (κ3) is 3.17. The van der Waals surface area contributed by atoms with E-state index < -0.39 is 0 Å². The van der Waals surface area contributed by atoms with E-state index in [1.165, 1.54) is 0 Å². The molecule has 1 rings (SSSR count). The minimum Gasteiger partial charge on any atom is -0.385 e. The lowest BCUT2D eigenvalue weighted by Crippen LogP contribution is -2.47. The van der Waals surface area contributed by atoms with Crippen LogP contribution in [-0.2, 0) is 9.47 Å². The van der Waals surface area contributed by atoms with Crippen LogP contribution < -0.4 is 11.3 Å². The van der Waals surface area contributed by atoms with Crippen molar-refractivity contribution in [2.45, 2.75) is 57.8 Å². The Bertz CT molecular complexity index is 229. The fourth-order valence-electron chi connectivity index (χ4n) is 2.88. The van der Waals surface area contributed by atoms with E-state index in [9.17, 15) is 0 Å². The van der Waals surface area contributed by atoms with Gasteiger partial charge in [-0.2, -0.15) is 0 Å². The summed E-state index contributed by atoms with van der Waals surface area (Å²) in [4.78, 5) is 0. The molecule has 0 aromatic heterocycles.